The number of benzene rings is 1. The van der Waals surface area contributed by atoms with E-state index in [1.807, 2.05) is 0 Å². The van der Waals surface area contributed by atoms with Crippen molar-refractivity contribution in [3.8, 4) is 0 Å². The largest absolute Gasteiger partial charge is 0.322 e. The van der Waals surface area contributed by atoms with E-state index in [1.165, 1.54) is 4.90 Å². The molecule has 1 aromatic heterocycles. The maximum atomic E-state index is 12.1. The normalized spacial score (nSPS) is 14.2. The van der Waals surface area contributed by atoms with Gasteiger partial charge in [-0.2, -0.15) is 0 Å². The van der Waals surface area contributed by atoms with Crippen LogP contribution in [0.1, 0.15) is 28.8 Å². The molecule has 0 bridgehead atoms. The molecule has 1 aliphatic heterocycles. The molecule has 2 aromatic rings. The highest BCUT2D eigenvalue weighted by molar-refractivity contribution is 6.04. The van der Waals surface area contributed by atoms with Gasteiger partial charge in [-0.15, -0.1) is 0 Å². The lowest BCUT2D eigenvalue weighted by atomic mass is 10.1. The second kappa shape index (κ2) is 6.39. The predicted octanol–water partition coefficient (Wildman–Crippen LogP) is 1.98. The average Bonchev–Trinajstić information content (AvgIpc) is 2.88. The topological polar surface area (TPSA) is 79.4 Å². The minimum atomic E-state index is -0.226. The van der Waals surface area contributed by atoms with Gasteiger partial charge in [0.15, 0.2) is 0 Å². The molecule has 3 amide bonds. The lowest BCUT2D eigenvalue weighted by molar-refractivity contribution is -0.139. The van der Waals surface area contributed by atoms with Gasteiger partial charge in [0, 0.05) is 36.5 Å². The van der Waals surface area contributed by atoms with Crippen molar-refractivity contribution in [2.45, 2.75) is 19.4 Å². The van der Waals surface area contributed by atoms with Crippen LogP contribution < -0.4 is 5.32 Å². The van der Waals surface area contributed by atoms with Crippen molar-refractivity contribution in [2.75, 3.05) is 5.32 Å². The molecule has 3 rings (SSSR count). The molecule has 1 aromatic carbocycles. The van der Waals surface area contributed by atoms with Crippen molar-refractivity contribution in [2.24, 2.45) is 0 Å². The monoisotopic (exact) mass is 309 g/mol. The Morgan fingerprint density at radius 2 is 1.61 bits per heavy atom. The molecule has 1 saturated heterocycles. The minimum Gasteiger partial charge on any atom is -0.322 e. The van der Waals surface area contributed by atoms with Crippen molar-refractivity contribution < 1.29 is 14.4 Å². The summed E-state index contributed by atoms with van der Waals surface area (Å²) in [6.45, 7) is 0.254. The Labute approximate surface area is 133 Å². The van der Waals surface area contributed by atoms with Crippen LogP contribution in [0.2, 0.25) is 0 Å². The molecule has 0 saturated carbocycles. The smallest absolute Gasteiger partial charge is 0.255 e. The summed E-state index contributed by atoms with van der Waals surface area (Å²) in [4.78, 5) is 40.5. The van der Waals surface area contributed by atoms with E-state index in [0.717, 1.165) is 5.56 Å². The molecular weight excluding hydrogens is 294 g/mol. The number of nitrogens with one attached hydrogen (secondary N) is 1. The average molecular weight is 309 g/mol. The Balaban J connectivity index is 1.66. The van der Waals surface area contributed by atoms with E-state index in [0.29, 0.717) is 11.3 Å². The van der Waals surface area contributed by atoms with Crippen LogP contribution in [0, 0.1) is 0 Å². The fourth-order valence-corrected chi connectivity index (χ4v) is 2.38. The second-order valence-electron chi connectivity index (χ2n) is 5.26. The van der Waals surface area contributed by atoms with Gasteiger partial charge in [-0.1, -0.05) is 12.1 Å². The highest BCUT2D eigenvalue weighted by Crippen LogP contribution is 2.16. The maximum absolute atomic E-state index is 12.1. The number of rotatable bonds is 4. The van der Waals surface area contributed by atoms with E-state index >= 15 is 0 Å². The van der Waals surface area contributed by atoms with Crippen molar-refractivity contribution in [3.05, 3.63) is 59.9 Å². The number of hydrogen-bond donors (Lipinski definition) is 1. The van der Waals surface area contributed by atoms with Gasteiger partial charge in [-0.3, -0.25) is 24.3 Å². The number of hydrogen-bond acceptors (Lipinski definition) is 4. The lowest BCUT2D eigenvalue weighted by Crippen LogP contribution is -2.28. The molecule has 2 heterocycles. The van der Waals surface area contributed by atoms with Gasteiger partial charge in [-0.25, -0.2) is 0 Å². The lowest BCUT2D eigenvalue weighted by Gasteiger charge is -2.14. The molecule has 6 nitrogen and oxygen atoms in total. The molecule has 116 valence electrons. The molecule has 0 aliphatic carbocycles. The first-order chi connectivity index (χ1) is 11.1. The van der Waals surface area contributed by atoms with Crippen LogP contribution >= 0.6 is 0 Å². The fraction of sp³-hybridized carbons (Fsp3) is 0.176. The van der Waals surface area contributed by atoms with Crippen molar-refractivity contribution in [1.82, 2.24) is 9.88 Å². The summed E-state index contributed by atoms with van der Waals surface area (Å²) >= 11 is 0. The summed E-state index contributed by atoms with van der Waals surface area (Å²) in [7, 11) is 0. The van der Waals surface area contributed by atoms with Gasteiger partial charge in [-0.05, 0) is 29.8 Å². The molecule has 0 spiro atoms. The quantitative estimate of drug-likeness (QED) is 0.876. The van der Waals surface area contributed by atoms with Crippen LogP contribution in [0.4, 0.5) is 5.69 Å². The highest BCUT2D eigenvalue weighted by atomic mass is 16.2. The molecule has 1 N–H and O–H groups in total. The Kier molecular flexibility index (Phi) is 4.14. The van der Waals surface area contributed by atoms with Gasteiger partial charge < -0.3 is 5.32 Å². The van der Waals surface area contributed by atoms with Gasteiger partial charge in [0.1, 0.15) is 0 Å². The van der Waals surface area contributed by atoms with Crippen LogP contribution in [0.25, 0.3) is 0 Å². The molecule has 0 radical (unpaired) electrons. The van der Waals surface area contributed by atoms with Gasteiger partial charge in [0.05, 0.1) is 6.54 Å². The molecule has 23 heavy (non-hydrogen) atoms. The standard InChI is InChI=1S/C17H15N3O3/c21-15-5-6-16(22)20(15)11-12-1-3-13(4-2-12)17(23)19-14-7-9-18-10-8-14/h1-4,7-10H,5-6,11H2,(H,18,19,23). The zero-order chi connectivity index (χ0) is 16.2. The Hall–Kier alpha value is -3.02. The summed E-state index contributed by atoms with van der Waals surface area (Å²) in [6, 6.07) is 10.3. The number of anilines is 1. The number of nitrogens with zero attached hydrogens (tertiary/aromatic N) is 2. The molecule has 1 fully saturated rings. The Morgan fingerprint density at radius 1 is 1.00 bits per heavy atom. The first-order valence-electron chi connectivity index (χ1n) is 7.27. The van der Waals surface area contributed by atoms with Crippen LogP contribution in [0.15, 0.2) is 48.8 Å². The van der Waals surface area contributed by atoms with Crippen molar-refractivity contribution in [3.63, 3.8) is 0 Å². The van der Waals surface area contributed by atoms with Crippen LogP contribution in [-0.2, 0) is 16.1 Å². The number of likely N-dealkylation sites (tertiary alicyclic amines) is 1. The molecule has 6 heteroatoms. The molecular formula is C17H15N3O3. The summed E-state index contributed by atoms with van der Waals surface area (Å²) in [5.74, 6) is -0.514. The predicted molar refractivity (Wildman–Crippen MR) is 83.4 cm³/mol. The first kappa shape index (κ1) is 14.9. The summed E-state index contributed by atoms with van der Waals surface area (Å²) in [6.07, 6.45) is 3.77. The Morgan fingerprint density at radius 3 is 2.22 bits per heavy atom. The zero-order valence-electron chi connectivity index (χ0n) is 12.4. The van der Waals surface area contributed by atoms with Crippen molar-refractivity contribution >= 4 is 23.4 Å². The van der Waals surface area contributed by atoms with E-state index in [9.17, 15) is 14.4 Å². The van der Waals surface area contributed by atoms with E-state index in [-0.39, 0.29) is 37.1 Å². The Bertz CT molecular complexity index is 725. The van der Waals surface area contributed by atoms with E-state index in [2.05, 4.69) is 10.3 Å². The van der Waals surface area contributed by atoms with Crippen molar-refractivity contribution in [1.29, 1.82) is 0 Å². The fourth-order valence-electron chi connectivity index (χ4n) is 2.38. The minimum absolute atomic E-state index is 0.144. The number of carbonyl (C=O) groups excluding carboxylic acids is 3. The number of amides is 3. The SMILES string of the molecule is O=C(Nc1ccncc1)c1ccc(CN2C(=O)CCC2=O)cc1. The van der Waals surface area contributed by atoms with E-state index < -0.39 is 0 Å². The molecule has 1 aliphatic rings. The molecule has 0 atom stereocenters. The van der Waals surface area contributed by atoms with E-state index in [1.54, 1.807) is 48.8 Å². The van der Waals surface area contributed by atoms with Crippen LogP contribution in [-0.4, -0.2) is 27.6 Å². The zero-order valence-corrected chi connectivity index (χ0v) is 12.4. The second-order valence-corrected chi connectivity index (χ2v) is 5.26. The van der Waals surface area contributed by atoms with Crippen LogP contribution in [0.5, 0.6) is 0 Å². The third-order valence-corrected chi connectivity index (χ3v) is 3.65. The van der Waals surface area contributed by atoms with E-state index in [4.69, 9.17) is 0 Å². The third kappa shape index (κ3) is 3.42. The summed E-state index contributed by atoms with van der Waals surface area (Å²) < 4.78 is 0. The number of pyridine rings is 1. The van der Waals surface area contributed by atoms with Gasteiger partial charge >= 0.3 is 0 Å². The third-order valence-electron chi connectivity index (χ3n) is 3.65. The maximum Gasteiger partial charge on any atom is 0.255 e. The van der Waals surface area contributed by atoms with Gasteiger partial charge in [0.2, 0.25) is 11.8 Å². The number of aromatic nitrogens is 1. The number of carbonyl (C=O) groups is 3. The summed E-state index contributed by atoms with van der Waals surface area (Å²) in [5, 5.41) is 2.77. The molecule has 0 unspecified atom stereocenters. The van der Waals surface area contributed by atoms with Gasteiger partial charge in [0.25, 0.3) is 5.91 Å². The van der Waals surface area contributed by atoms with Crippen LogP contribution in [0.3, 0.4) is 0 Å². The summed E-state index contributed by atoms with van der Waals surface area (Å²) in [5.41, 5.74) is 1.99. The highest BCUT2D eigenvalue weighted by Gasteiger charge is 2.28. The first-order valence-corrected chi connectivity index (χ1v) is 7.27. The number of imide groups is 1.